The second kappa shape index (κ2) is 7.57. The summed E-state index contributed by atoms with van der Waals surface area (Å²) in [5.74, 6) is 0.0205. The summed E-state index contributed by atoms with van der Waals surface area (Å²) in [5.41, 5.74) is 2.03. The van der Waals surface area contributed by atoms with Crippen LogP contribution in [0.3, 0.4) is 0 Å². The third kappa shape index (κ3) is 4.05. The lowest BCUT2D eigenvalue weighted by molar-refractivity contribution is -0.121. The van der Waals surface area contributed by atoms with E-state index in [1.165, 1.54) is 0 Å². The maximum atomic E-state index is 12.4. The number of carbonyl (C=O) groups is 1. The Balaban J connectivity index is 2.07. The van der Waals surface area contributed by atoms with Gasteiger partial charge in [0.2, 0.25) is 5.91 Å². The number of hydrogen-bond donors (Lipinski definition) is 2. The summed E-state index contributed by atoms with van der Waals surface area (Å²) >= 11 is 0. The number of ether oxygens (including phenoxy) is 1. The maximum Gasteiger partial charge on any atom is 0.230 e. The molecule has 1 saturated heterocycles. The average Bonchev–Trinajstić information content (AvgIpc) is 2.91. The van der Waals surface area contributed by atoms with E-state index in [9.17, 15) is 4.79 Å². The zero-order chi connectivity index (χ0) is 15.2. The van der Waals surface area contributed by atoms with Crippen LogP contribution in [0, 0.1) is 5.92 Å². The molecule has 0 spiro atoms. The minimum atomic E-state index is -0.0445. The van der Waals surface area contributed by atoms with E-state index >= 15 is 0 Å². The lowest BCUT2D eigenvalue weighted by Crippen LogP contribution is -2.29. The topological polar surface area (TPSA) is 50.4 Å². The molecule has 0 saturated carbocycles. The Kier molecular flexibility index (Phi) is 5.76. The van der Waals surface area contributed by atoms with Gasteiger partial charge in [0.15, 0.2) is 0 Å². The Morgan fingerprint density at radius 1 is 1.43 bits per heavy atom. The molecular weight excluding hydrogens is 264 g/mol. The highest BCUT2D eigenvalue weighted by Crippen LogP contribution is 2.26. The van der Waals surface area contributed by atoms with Crippen LogP contribution in [0.5, 0.6) is 0 Å². The van der Waals surface area contributed by atoms with Crippen LogP contribution in [0.1, 0.15) is 45.2 Å². The predicted molar refractivity (Wildman–Crippen MR) is 85.3 cm³/mol. The number of benzene rings is 1. The molecule has 21 heavy (non-hydrogen) atoms. The van der Waals surface area contributed by atoms with E-state index in [0.29, 0.717) is 6.61 Å². The molecule has 116 valence electrons. The van der Waals surface area contributed by atoms with Gasteiger partial charge in [-0.15, -0.1) is 0 Å². The van der Waals surface area contributed by atoms with Crippen molar-refractivity contribution in [1.29, 1.82) is 0 Å². The van der Waals surface area contributed by atoms with Crippen molar-refractivity contribution < 1.29 is 9.53 Å². The summed E-state index contributed by atoms with van der Waals surface area (Å²) in [6.45, 7) is 7.89. The first-order chi connectivity index (χ1) is 10.1. The molecule has 2 N–H and O–H groups in total. The molecule has 1 fully saturated rings. The van der Waals surface area contributed by atoms with E-state index in [4.69, 9.17) is 4.74 Å². The Hall–Kier alpha value is -1.39. The molecule has 0 aliphatic carbocycles. The summed E-state index contributed by atoms with van der Waals surface area (Å²) < 4.78 is 5.48. The van der Waals surface area contributed by atoms with Gasteiger partial charge in [-0.2, -0.15) is 0 Å². The quantitative estimate of drug-likeness (QED) is 0.846. The van der Waals surface area contributed by atoms with Gasteiger partial charge in [-0.25, -0.2) is 0 Å². The van der Waals surface area contributed by atoms with E-state index < -0.39 is 0 Å². The van der Waals surface area contributed by atoms with E-state index in [0.717, 1.165) is 30.6 Å². The predicted octanol–water partition coefficient (Wildman–Crippen LogP) is 3.11. The molecule has 1 amide bonds. The number of hydrogen-bond acceptors (Lipinski definition) is 3. The van der Waals surface area contributed by atoms with Crippen molar-refractivity contribution in [3.8, 4) is 0 Å². The van der Waals surface area contributed by atoms with Crippen molar-refractivity contribution in [2.75, 3.05) is 18.5 Å². The van der Waals surface area contributed by atoms with E-state index in [2.05, 4.69) is 30.5 Å². The molecule has 1 aromatic carbocycles. The molecule has 4 nitrogen and oxygen atoms in total. The standard InChI is InChI=1S/C17H26N2O2/c1-4-10-18-12(2)14-7-5-6-8-16(14)19-17(20)15-9-11-21-13(15)3/h5-8,12-13,15,18H,4,9-11H2,1-3H3,(H,19,20). The van der Waals surface area contributed by atoms with Gasteiger partial charge in [0.25, 0.3) is 0 Å². The summed E-state index contributed by atoms with van der Waals surface area (Å²) in [6, 6.07) is 8.23. The molecule has 0 aromatic heterocycles. The monoisotopic (exact) mass is 290 g/mol. The van der Waals surface area contributed by atoms with Gasteiger partial charge in [-0.1, -0.05) is 25.1 Å². The third-order valence-corrected chi connectivity index (χ3v) is 4.10. The molecule has 1 aliphatic heterocycles. The highest BCUT2D eigenvalue weighted by molar-refractivity contribution is 5.93. The van der Waals surface area contributed by atoms with Crippen molar-refractivity contribution >= 4 is 11.6 Å². The van der Waals surface area contributed by atoms with Crippen LogP contribution in [0.2, 0.25) is 0 Å². The highest BCUT2D eigenvalue weighted by Gasteiger charge is 2.31. The second-order valence-corrected chi connectivity index (χ2v) is 5.72. The van der Waals surface area contributed by atoms with Gasteiger partial charge in [-0.3, -0.25) is 4.79 Å². The van der Waals surface area contributed by atoms with Gasteiger partial charge < -0.3 is 15.4 Å². The van der Waals surface area contributed by atoms with Crippen LogP contribution >= 0.6 is 0 Å². The molecule has 4 heteroatoms. The van der Waals surface area contributed by atoms with Crippen LogP contribution in [0.25, 0.3) is 0 Å². The molecule has 0 bridgehead atoms. The lowest BCUT2D eigenvalue weighted by Gasteiger charge is -2.20. The zero-order valence-corrected chi connectivity index (χ0v) is 13.2. The Labute approximate surface area is 127 Å². The fourth-order valence-corrected chi connectivity index (χ4v) is 2.76. The fraction of sp³-hybridized carbons (Fsp3) is 0.588. The Morgan fingerprint density at radius 2 is 2.19 bits per heavy atom. The molecule has 2 rings (SSSR count). The van der Waals surface area contributed by atoms with Crippen molar-refractivity contribution in [1.82, 2.24) is 5.32 Å². The van der Waals surface area contributed by atoms with Crippen LogP contribution < -0.4 is 10.6 Å². The second-order valence-electron chi connectivity index (χ2n) is 5.72. The van der Waals surface area contributed by atoms with Crippen molar-refractivity contribution in [3.05, 3.63) is 29.8 Å². The minimum absolute atomic E-state index is 0.00722. The van der Waals surface area contributed by atoms with E-state index in [1.54, 1.807) is 0 Å². The van der Waals surface area contributed by atoms with Crippen molar-refractivity contribution in [3.63, 3.8) is 0 Å². The SMILES string of the molecule is CCCNC(C)c1ccccc1NC(=O)C1CCOC1C. The summed E-state index contributed by atoms with van der Waals surface area (Å²) in [6.07, 6.45) is 1.90. The average molecular weight is 290 g/mol. The number of rotatable bonds is 6. The number of nitrogens with one attached hydrogen (secondary N) is 2. The molecule has 0 radical (unpaired) electrons. The Bertz CT molecular complexity index is 476. The van der Waals surface area contributed by atoms with Crippen LogP contribution in [-0.4, -0.2) is 25.2 Å². The van der Waals surface area contributed by atoms with E-state index in [1.807, 2.05) is 25.1 Å². The maximum absolute atomic E-state index is 12.4. The summed E-state index contributed by atoms with van der Waals surface area (Å²) in [4.78, 5) is 12.4. The van der Waals surface area contributed by atoms with Crippen LogP contribution in [-0.2, 0) is 9.53 Å². The lowest BCUT2D eigenvalue weighted by atomic mass is 10.0. The van der Waals surface area contributed by atoms with Gasteiger partial charge >= 0.3 is 0 Å². The van der Waals surface area contributed by atoms with Crippen LogP contribution in [0.4, 0.5) is 5.69 Å². The number of anilines is 1. The van der Waals surface area contributed by atoms with Gasteiger partial charge in [0.1, 0.15) is 0 Å². The molecule has 3 unspecified atom stereocenters. The van der Waals surface area contributed by atoms with Gasteiger partial charge in [0.05, 0.1) is 12.0 Å². The fourth-order valence-electron chi connectivity index (χ4n) is 2.76. The zero-order valence-electron chi connectivity index (χ0n) is 13.2. The van der Waals surface area contributed by atoms with Gasteiger partial charge in [0, 0.05) is 18.3 Å². The smallest absolute Gasteiger partial charge is 0.230 e. The molecule has 1 aliphatic rings. The number of para-hydroxylation sites is 1. The number of carbonyl (C=O) groups excluding carboxylic acids is 1. The molecule has 1 heterocycles. The van der Waals surface area contributed by atoms with Crippen LogP contribution in [0.15, 0.2) is 24.3 Å². The highest BCUT2D eigenvalue weighted by atomic mass is 16.5. The first-order valence-corrected chi connectivity index (χ1v) is 7.88. The van der Waals surface area contributed by atoms with Crippen molar-refractivity contribution in [2.45, 2.75) is 45.8 Å². The molecule has 1 aromatic rings. The first kappa shape index (κ1) is 16.0. The molecule has 3 atom stereocenters. The van der Waals surface area contributed by atoms with E-state index in [-0.39, 0.29) is 24.0 Å². The summed E-state index contributed by atoms with van der Waals surface area (Å²) in [5, 5.41) is 6.55. The van der Waals surface area contributed by atoms with Gasteiger partial charge in [-0.05, 0) is 44.9 Å². The number of amides is 1. The Morgan fingerprint density at radius 3 is 2.86 bits per heavy atom. The largest absolute Gasteiger partial charge is 0.378 e. The third-order valence-electron chi connectivity index (χ3n) is 4.10. The minimum Gasteiger partial charge on any atom is -0.378 e. The first-order valence-electron chi connectivity index (χ1n) is 7.88. The van der Waals surface area contributed by atoms with Crippen molar-refractivity contribution in [2.24, 2.45) is 5.92 Å². The molecular formula is C17H26N2O2. The normalized spacial score (nSPS) is 23.0. The summed E-state index contributed by atoms with van der Waals surface area (Å²) in [7, 11) is 0.